The largest absolute Gasteiger partial charge is 1.00 e. The summed E-state index contributed by atoms with van der Waals surface area (Å²) in [7, 11) is 1.81. The van der Waals surface area contributed by atoms with Gasteiger partial charge in [-0.25, -0.2) is 0 Å². The number of hydrogen-bond acceptors (Lipinski definition) is 4. The van der Waals surface area contributed by atoms with Crippen molar-refractivity contribution in [2.75, 3.05) is 25.6 Å². The summed E-state index contributed by atoms with van der Waals surface area (Å²) in [5.41, 5.74) is 1.72. The molecule has 1 atom stereocenters. The highest BCUT2D eigenvalue weighted by atomic mass is 35.5. The van der Waals surface area contributed by atoms with Gasteiger partial charge >= 0.3 is 0 Å². The van der Waals surface area contributed by atoms with E-state index in [4.69, 9.17) is 9.47 Å². The van der Waals surface area contributed by atoms with Crippen LogP contribution in [0.2, 0.25) is 0 Å². The number of ether oxygens (including phenoxy) is 2. The highest BCUT2D eigenvalue weighted by Gasteiger charge is 2.19. The van der Waals surface area contributed by atoms with Crippen LogP contribution >= 0.6 is 0 Å². The van der Waals surface area contributed by atoms with Crippen LogP contribution in [0, 0.1) is 6.92 Å². The Morgan fingerprint density at radius 2 is 2.05 bits per heavy atom. The molecular weight excluding hydrogens is 304 g/mol. The van der Waals surface area contributed by atoms with Gasteiger partial charge in [0.1, 0.15) is 13.2 Å². The minimum absolute atomic E-state index is 0. The van der Waals surface area contributed by atoms with Gasteiger partial charge < -0.3 is 32.5 Å². The standard InChI is InChI=1S/C16H24N2O3.ClH/c1-4-5-6-13(17-3)16(19)18-12-9-11(2)15-14(10-12)20-7-8-21-15;/h9-10,13,17H,4-8H2,1-3H3,(H,18,19);1H/p-1. The summed E-state index contributed by atoms with van der Waals surface area (Å²) in [4.78, 5) is 12.3. The van der Waals surface area contributed by atoms with Crippen molar-refractivity contribution in [3.63, 3.8) is 0 Å². The van der Waals surface area contributed by atoms with E-state index in [9.17, 15) is 4.79 Å². The summed E-state index contributed by atoms with van der Waals surface area (Å²) in [6.07, 6.45) is 2.94. The second-order valence-corrected chi connectivity index (χ2v) is 5.29. The number of nitrogens with one attached hydrogen (secondary N) is 2. The molecule has 2 N–H and O–H groups in total. The number of hydrogen-bond donors (Lipinski definition) is 2. The fraction of sp³-hybridized carbons (Fsp3) is 0.562. The van der Waals surface area contributed by atoms with Crippen LogP contribution in [-0.4, -0.2) is 32.2 Å². The third-order valence-electron chi connectivity index (χ3n) is 3.61. The van der Waals surface area contributed by atoms with Gasteiger partial charge in [0.2, 0.25) is 5.91 Å². The number of fused-ring (bicyclic) bond motifs is 1. The van der Waals surface area contributed by atoms with E-state index in [1.807, 2.05) is 26.1 Å². The molecule has 1 unspecified atom stereocenters. The van der Waals surface area contributed by atoms with Crippen LogP contribution in [-0.2, 0) is 4.79 Å². The second kappa shape index (κ2) is 8.86. The molecule has 0 aromatic heterocycles. The Morgan fingerprint density at radius 1 is 1.32 bits per heavy atom. The second-order valence-electron chi connectivity index (χ2n) is 5.29. The van der Waals surface area contributed by atoms with Crippen LogP contribution < -0.4 is 32.5 Å². The number of halogens is 1. The fourth-order valence-electron chi connectivity index (χ4n) is 2.45. The molecule has 6 heteroatoms. The lowest BCUT2D eigenvalue weighted by molar-refractivity contribution is -0.118. The Hall–Kier alpha value is -1.46. The number of likely N-dealkylation sites (N-methyl/N-ethyl adjacent to an activating group) is 1. The highest BCUT2D eigenvalue weighted by Crippen LogP contribution is 2.36. The van der Waals surface area contributed by atoms with Crippen LogP contribution in [0.25, 0.3) is 0 Å². The number of benzene rings is 1. The van der Waals surface area contributed by atoms with Gasteiger partial charge in [0.25, 0.3) is 0 Å². The first-order valence-corrected chi connectivity index (χ1v) is 7.54. The van der Waals surface area contributed by atoms with Crippen molar-refractivity contribution in [2.24, 2.45) is 0 Å². The fourth-order valence-corrected chi connectivity index (χ4v) is 2.45. The summed E-state index contributed by atoms with van der Waals surface area (Å²) in [6.45, 7) is 5.18. The molecule has 0 fully saturated rings. The van der Waals surface area contributed by atoms with Crippen molar-refractivity contribution in [3.05, 3.63) is 17.7 Å². The number of rotatable bonds is 6. The zero-order chi connectivity index (χ0) is 15.2. The summed E-state index contributed by atoms with van der Waals surface area (Å²) >= 11 is 0. The maximum atomic E-state index is 12.3. The number of carbonyl (C=O) groups is 1. The molecule has 0 saturated carbocycles. The predicted octanol–water partition coefficient (Wildman–Crippen LogP) is -0.513. The van der Waals surface area contributed by atoms with Gasteiger partial charge in [-0.05, 0) is 32.0 Å². The van der Waals surface area contributed by atoms with Gasteiger partial charge in [-0.1, -0.05) is 19.8 Å². The van der Waals surface area contributed by atoms with Crippen LogP contribution in [0.15, 0.2) is 12.1 Å². The zero-order valence-electron chi connectivity index (χ0n) is 13.4. The molecule has 1 aliphatic heterocycles. The zero-order valence-corrected chi connectivity index (χ0v) is 14.1. The molecule has 1 aromatic rings. The normalized spacial score (nSPS) is 14.0. The Kier molecular flexibility index (Phi) is 7.48. The summed E-state index contributed by atoms with van der Waals surface area (Å²) in [5.74, 6) is 1.46. The summed E-state index contributed by atoms with van der Waals surface area (Å²) in [6, 6.07) is 3.57. The van der Waals surface area contributed by atoms with E-state index in [0.29, 0.717) is 19.0 Å². The molecule has 22 heavy (non-hydrogen) atoms. The SMILES string of the molecule is CCCCC(NC)C(=O)Nc1cc(C)c2c(c1)OCCO2.[Cl-]. The van der Waals surface area contributed by atoms with Crippen molar-refractivity contribution in [2.45, 2.75) is 39.2 Å². The molecule has 0 aliphatic carbocycles. The number of carbonyl (C=O) groups excluding carboxylic acids is 1. The van der Waals surface area contributed by atoms with Crippen molar-refractivity contribution >= 4 is 11.6 Å². The van der Waals surface area contributed by atoms with Crippen molar-refractivity contribution in [1.29, 1.82) is 0 Å². The molecule has 0 radical (unpaired) electrons. The maximum absolute atomic E-state index is 12.3. The molecule has 1 aliphatic rings. The topological polar surface area (TPSA) is 59.6 Å². The van der Waals surface area contributed by atoms with Gasteiger partial charge in [-0.15, -0.1) is 0 Å². The maximum Gasteiger partial charge on any atom is 0.241 e. The average Bonchev–Trinajstić information content (AvgIpc) is 2.48. The molecule has 0 bridgehead atoms. The summed E-state index contributed by atoms with van der Waals surface area (Å²) < 4.78 is 11.2. The van der Waals surface area contributed by atoms with Crippen molar-refractivity contribution in [1.82, 2.24) is 5.32 Å². The van der Waals surface area contributed by atoms with Crippen molar-refractivity contribution < 1.29 is 26.7 Å². The predicted molar refractivity (Wildman–Crippen MR) is 83.2 cm³/mol. The lowest BCUT2D eigenvalue weighted by atomic mass is 10.1. The Balaban J connectivity index is 0.00000242. The number of aryl methyl sites for hydroxylation is 1. The molecule has 1 heterocycles. The molecule has 1 amide bonds. The van der Waals surface area contributed by atoms with E-state index in [0.717, 1.165) is 36.3 Å². The smallest absolute Gasteiger partial charge is 0.241 e. The molecule has 124 valence electrons. The Morgan fingerprint density at radius 3 is 2.73 bits per heavy atom. The first-order chi connectivity index (χ1) is 10.2. The van der Waals surface area contributed by atoms with Gasteiger partial charge in [-0.2, -0.15) is 0 Å². The lowest BCUT2D eigenvalue weighted by Gasteiger charge is -2.22. The quantitative estimate of drug-likeness (QED) is 0.739. The van der Waals surface area contributed by atoms with E-state index in [1.54, 1.807) is 0 Å². The van der Waals surface area contributed by atoms with Gasteiger partial charge in [0.15, 0.2) is 11.5 Å². The van der Waals surface area contributed by atoms with Crippen LogP contribution in [0.3, 0.4) is 0 Å². The van der Waals surface area contributed by atoms with Crippen LogP contribution in [0.5, 0.6) is 11.5 Å². The number of anilines is 1. The Bertz CT molecular complexity index is 508. The van der Waals surface area contributed by atoms with E-state index in [2.05, 4.69) is 17.6 Å². The van der Waals surface area contributed by atoms with E-state index >= 15 is 0 Å². The first-order valence-electron chi connectivity index (χ1n) is 7.54. The van der Waals surface area contributed by atoms with Crippen LogP contribution in [0.4, 0.5) is 5.69 Å². The van der Waals surface area contributed by atoms with E-state index in [-0.39, 0.29) is 24.4 Å². The van der Waals surface area contributed by atoms with Gasteiger partial charge in [-0.3, -0.25) is 4.79 Å². The molecule has 0 saturated heterocycles. The third kappa shape index (κ3) is 4.52. The third-order valence-corrected chi connectivity index (χ3v) is 3.61. The van der Waals surface area contributed by atoms with Crippen molar-refractivity contribution in [3.8, 4) is 11.5 Å². The van der Waals surface area contributed by atoms with Gasteiger partial charge in [0, 0.05) is 11.8 Å². The molecule has 2 rings (SSSR count). The van der Waals surface area contributed by atoms with Gasteiger partial charge in [0.05, 0.1) is 6.04 Å². The lowest BCUT2D eigenvalue weighted by Crippen LogP contribution is -3.00. The minimum Gasteiger partial charge on any atom is -1.00 e. The van der Waals surface area contributed by atoms with E-state index < -0.39 is 0 Å². The first kappa shape index (κ1) is 18.6. The highest BCUT2D eigenvalue weighted by molar-refractivity contribution is 5.95. The molecule has 0 spiro atoms. The average molecular weight is 328 g/mol. The van der Waals surface area contributed by atoms with Crippen LogP contribution in [0.1, 0.15) is 31.7 Å². The molecule has 5 nitrogen and oxygen atoms in total. The number of unbranched alkanes of at least 4 members (excludes halogenated alkanes) is 1. The number of amides is 1. The summed E-state index contributed by atoms with van der Waals surface area (Å²) in [5, 5.41) is 6.02. The molecular formula is C16H24ClN2O3-. The Labute approximate surface area is 138 Å². The van der Waals surface area contributed by atoms with E-state index in [1.165, 1.54) is 0 Å². The monoisotopic (exact) mass is 327 g/mol. The minimum atomic E-state index is -0.168. The molecule has 1 aromatic carbocycles.